The van der Waals surface area contributed by atoms with Gasteiger partial charge < -0.3 is 10.2 Å². The lowest BCUT2D eigenvalue weighted by Gasteiger charge is -2.35. The molecule has 30 heavy (non-hydrogen) atoms. The van der Waals surface area contributed by atoms with Crippen LogP contribution in [-0.2, 0) is 0 Å². The van der Waals surface area contributed by atoms with Gasteiger partial charge in [0.15, 0.2) is 0 Å². The summed E-state index contributed by atoms with van der Waals surface area (Å²) >= 11 is 0. The summed E-state index contributed by atoms with van der Waals surface area (Å²) in [6, 6.07) is 15.2. The summed E-state index contributed by atoms with van der Waals surface area (Å²) < 4.78 is 1.81. The maximum Gasteiger partial charge on any atom is 0.246 e. The van der Waals surface area contributed by atoms with Crippen LogP contribution in [-0.4, -0.2) is 56.4 Å². The van der Waals surface area contributed by atoms with E-state index in [4.69, 9.17) is 4.98 Å². The minimum absolute atomic E-state index is 0.525. The molecule has 5 rings (SSSR count). The molecule has 0 amide bonds. The average molecular weight is 404 g/mol. The zero-order valence-electron chi connectivity index (χ0n) is 17.5. The van der Waals surface area contributed by atoms with E-state index in [1.165, 1.54) is 38.8 Å². The highest BCUT2D eigenvalue weighted by Gasteiger charge is 2.34. The van der Waals surface area contributed by atoms with Crippen LogP contribution >= 0.6 is 0 Å². The van der Waals surface area contributed by atoms with Crippen molar-refractivity contribution in [2.75, 3.05) is 29.9 Å². The van der Waals surface area contributed by atoms with Gasteiger partial charge in [-0.2, -0.15) is 4.98 Å². The minimum atomic E-state index is 0.525. The Hall–Kier alpha value is -2.93. The van der Waals surface area contributed by atoms with Crippen LogP contribution in [0, 0.1) is 0 Å². The van der Waals surface area contributed by atoms with Gasteiger partial charge in [-0.3, -0.25) is 4.90 Å². The molecule has 0 radical (unpaired) electrons. The summed E-state index contributed by atoms with van der Waals surface area (Å²) in [6.45, 7) is 5.92. The third kappa shape index (κ3) is 3.89. The topological polar surface area (TPSA) is 62.1 Å². The largest absolute Gasteiger partial charge is 0.352 e. The first-order valence-corrected chi connectivity index (χ1v) is 11.0. The molecule has 2 aliphatic heterocycles. The highest BCUT2D eigenvalue weighted by molar-refractivity contribution is 5.53. The quantitative estimate of drug-likeness (QED) is 0.674. The van der Waals surface area contributed by atoms with E-state index in [9.17, 15) is 0 Å². The SMILES string of the molecule is C[C@H]([C@@H]1CCCN1c1cc(-n2cnc(Nc3ccccc3)n2)ccn1)N1CCCC1. The molecule has 2 fully saturated rings. The molecule has 1 N–H and O–H groups in total. The molecule has 2 atom stereocenters. The summed E-state index contributed by atoms with van der Waals surface area (Å²) in [5.74, 6) is 1.62. The maximum absolute atomic E-state index is 4.71. The number of nitrogens with one attached hydrogen (secondary N) is 1. The van der Waals surface area contributed by atoms with Gasteiger partial charge in [-0.25, -0.2) is 9.67 Å². The third-order valence-electron chi connectivity index (χ3n) is 6.38. The molecule has 7 heteroatoms. The number of anilines is 3. The Labute approximate surface area is 177 Å². The number of hydrogen-bond acceptors (Lipinski definition) is 6. The van der Waals surface area contributed by atoms with Crippen molar-refractivity contribution in [3.63, 3.8) is 0 Å². The number of likely N-dealkylation sites (tertiary alicyclic amines) is 1. The van der Waals surface area contributed by atoms with Gasteiger partial charge >= 0.3 is 0 Å². The second-order valence-electron chi connectivity index (χ2n) is 8.26. The van der Waals surface area contributed by atoms with Crippen molar-refractivity contribution < 1.29 is 0 Å². The Balaban J connectivity index is 1.34. The van der Waals surface area contributed by atoms with E-state index in [0.717, 1.165) is 23.7 Å². The number of para-hydroxylation sites is 1. The van der Waals surface area contributed by atoms with Crippen LogP contribution in [0.1, 0.15) is 32.6 Å². The molecule has 2 aliphatic rings. The van der Waals surface area contributed by atoms with Crippen LogP contribution in [0.4, 0.5) is 17.5 Å². The number of aromatic nitrogens is 4. The molecule has 1 aromatic carbocycles. The monoisotopic (exact) mass is 403 g/mol. The van der Waals surface area contributed by atoms with Gasteiger partial charge in [0.1, 0.15) is 12.1 Å². The second-order valence-corrected chi connectivity index (χ2v) is 8.26. The lowest BCUT2D eigenvalue weighted by molar-refractivity contribution is 0.226. The van der Waals surface area contributed by atoms with Crippen molar-refractivity contribution in [2.24, 2.45) is 0 Å². The lowest BCUT2D eigenvalue weighted by Crippen LogP contribution is -2.47. The van der Waals surface area contributed by atoms with Gasteiger partial charge in [-0.1, -0.05) is 18.2 Å². The van der Waals surface area contributed by atoms with E-state index in [-0.39, 0.29) is 0 Å². The summed E-state index contributed by atoms with van der Waals surface area (Å²) in [5, 5.41) is 7.84. The Morgan fingerprint density at radius 3 is 2.67 bits per heavy atom. The van der Waals surface area contributed by atoms with E-state index in [1.54, 1.807) is 6.33 Å². The average Bonchev–Trinajstić information content (AvgIpc) is 3.56. The molecule has 0 spiro atoms. The van der Waals surface area contributed by atoms with E-state index < -0.39 is 0 Å². The van der Waals surface area contributed by atoms with Crippen molar-refractivity contribution in [1.82, 2.24) is 24.6 Å². The highest BCUT2D eigenvalue weighted by atomic mass is 15.4. The number of rotatable bonds is 6. The highest BCUT2D eigenvalue weighted by Crippen LogP contribution is 2.30. The van der Waals surface area contributed by atoms with Crippen molar-refractivity contribution in [2.45, 2.75) is 44.7 Å². The first-order valence-electron chi connectivity index (χ1n) is 11.0. The molecule has 0 bridgehead atoms. The molecular formula is C23H29N7. The molecular weight excluding hydrogens is 374 g/mol. The molecule has 3 aromatic rings. The van der Waals surface area contributed by atoms with Gasteiger partial charge in [0.25, 0.3) is 0 Å². The fraction of sp³-hybridized carbons (Fsp3) is 0.435. The smallest absolute Gasteiger partial charge is 0.246 e. The standard InChI is InChI=1S/C23H29N7/c1-18(28-13-5-6-14-28)21-10-7-15-29(21)22-16-20(11-12-24-22)30-17-25-23(27-30)26-19-8-3-2-4-9-19/h2-4,8-9,11-12,16-18,21H,5-7,10,13-15H2,1H3,(H,26,27)/t18-,21+/m1/s1. The Morgan fingerprint density at radius 2 is 1.83 bits per heavy atom. The zero-order valence-corrected chi connectivity index (χ0v) is 17.5. The van der Waals surface area contributed by atoms with Crippen LogP contribution < -0.4 is 10.2 Å². The number of nitrogens with zero attached hydrogens (tertiary/aromatic N) is 6. The van der Waals surface area contributed by atoms with E-state index >= 15 is 0 Å². The predicted molar refractivity (Wildman–Crippen MR) is 120 cm³/mol. The summed E-state index contributed by atoms with van der Waals surface area (Å²) in [5.41, 5.74) is 1.95. The zero-order chi connectivity index (χ0) is 20.3. The number of hydrogen-bond donors (Lipinski definition) is 1. The van der Waals surface area contributed by atoms with E-state index in [2.05, 4.69) is 38.2 Å². The molecule has 0 unspecified atom stereocenters. The molecule has 0 aliphatic carbocycles. The number of pyridine rings is 1. The van der Waals surface area contributed by atoms with E-state index in [0.29, 0.717) is 18.0 Å². The van der Waals surface area contributed by atoms with Crippen LogP contribution in [0.2, 0.25) is 0 Å². The van der Waals surface area contributed by atoms with Crippen LogP contribution in [0.15, 0.2) is 55.0 Å². The van der Waals surface area contributed by atoms with Crippen LogP contribution in [0.3, 0.4) is 0 Å². The van der Waals surface area contributed by atoms with Crippen LogP contribution in [0.25, 0.3) is 5.69 Å². The third-order valence-corrected chi connectivity index (χ3v) is 6.38. The summed E-state index contributed by atoms with van der Waals surface area (Å²) in [6.07, 6.45) is 8.75. The Kier molecular flexibility index (Phi) is 5.36. The fourth-order valence-electron chi connectivity index (χ4n) is 4.77. The molecule has 4 heterocycles. The van der Waals surface area contributed by atoms with Crippen molar-refractivity contribution >= 4 is 17.5 Å². The van der Waals surface area contributed by atoms with Gasteiger partial charge in [0.2, 0.25) is 5.95 Å². The summed E-state index contributed by atoms with van der Waals surface area (Å²) in [7, 11) is 0. The van der Waals surface area contributed by atoms with Gasteiger partial charge in [-0.15, -0.1) is 5.10 Å². The van der Waals surface area contributed by atoms with Crippen LogP contribution in [0.5, 0.6) is 0 Å². The van der Waals surface area contributed by atoms with Crippen molar-refractivity contribution in [3.8, 4) is 5.69 Å². The Bertz CT molecular complexity index is 964. The van der Waals surface area contributed by atoms with Crippen molar-refractivity contribution in [1.29, 1.82) is 0 Å². The first kappa shape index (κ1) is 19.1. The fourth-order valence-corrected chi connectivity index (χ4v) is 4.77. The Morgan fingerprint density at radius 1 is 1.00 bits per heavy atom. The molecule has 2 saturated heterocycles. The molecule has 156 valence electrons. The van der Waals surface area contributed by atoms with E-state index in [1.807, 2.05) is 47.3 Å². The lowest BCUT2D eigenvalue weighted by atomic mass is 10.1. The second kappa shape index (κ2) is 8.44. The van der Waals surface area contributed by atoms with Crippen molar-refractivity contribution in [3.05, 3.63) is 55.0 Å². The number of benzene rings is 1. The molecule has 7 nitrogen and oxygen atoms in total. The van der Waals surface area contributed by atoms with Gasteiger partial charge in [-0.05, 0) is 63.9 Å². The van der Waals surface area contributed by atoms with Gasteiger partial charge in [0, 0.05) is 36.6 Å². The molecule has 0 saturated carbocycles. The maximum atomic E-state index is 4.71. The predicted octanol–water partition coefficient (Wildman–Crippen LogP) is 3.86. The summed E-state index contributed by atoms with van der Waals surface area (Å²) in [4.78, 5) is 14.3. The normalized spacial score (nSPS) is 20.6. The minimum Gasteiger partial charge on any atom is -0.352 e. The molecule has 2 aromatic heterocycles. The van der Waals surface area contributed by atoms with Gasteiger partial charge in [0.05, 0.1) is 5.69 Å². The first-order chi connectivity index (χ1) is 14.8.